The zero-order chi connectivity index (χ0) is 14.0. The maximum absolute atomic E-state index is 11.1. The van der Waals surface area contributed by atoms with E-state index >= 15 is 0 Å². The molecule has 19 heavy (non-hydrogen) atoms. The molecule has 2 aromatic rings. The Hall–Kier alpha value is -2.31. The van der Waals surface area contributed by atoms with E-state index in [9.17, 15) is 4.79 Å². The monoisotopic (exact) mass is 261 g/mol. The van der Waals surface area contributed by atoms with Gasteiger partial charge in [0.25, 0.3) is 0 Å². The van der Waals surface area contributed by atoms with Gasteiger partial charge in [-0.25, -0.2) is 4.68 Å². The predicted molar refractivity (Wildman–Crippen MR) is 67.3 cm³/mol. The normalized spacial score (nSPS) is 14.1. The van der Waals surface area contributed by atoms with Crippen molar-refractivity contribution in [1.29, 1.82) is 0 Å². The van der Waals surface area contributed by atoms with Gasteiger partial charge in [0.05, 0.1) is 12.0 Å². The van der Waals surface area contributed by atoms with Crippen molar-refractivity contribution in [1.82, 2.24) is 25.2 Å². The van der Waals surface area contributed by atoms with Crippen LogP contribution in [0.4, 0.5) is 0 Å². The standard InChI is InChI=1S/C12H15N5O2/c1-7-5-4-6-13-10(7)11-14-15-16-17(11)9(3)8(2)12(18)19/h4-6,8-9H,1-3H3,(H,18,19). The predicted octanol–water partition coefficient (Wildman–Crippen LogP) is 1.33. The number of carboxylic acid groups (broad SMARTS) is 1. The van der Waals surface area contributed by atoms with Crippen molar-refractivity contribution in [3.63, 3.8) is 0 Å². The van der Waals surface area contributed by atoms with Crippen LogP contribution in [0.3, 0.4) is 0 Å². The maximum atomic E-state index is 11.1. The van der Waals surface area contributed by atoms with Crippen LogP contribution in [0.5, 0.6) is 0 Å². The summed E-state index contributed by atoms with van der Waals surface area (Å²) in [5, 5.41) is 20.5. The van der Waals surface area contributed by atoms with Crippen LogP contribution in [0, 0.1) is 12.8 Å². The van der Waals surface area contributed by atoms with Gasteiger partial charge in [-0.05, 0) is 42.8 Å². The van der Waals surface area contributed by atoms with Gasteiger partial charge in [0.15, 0.2) is 0 Å². The van der Waals surface area contributed by atoms with Crippen molar-refractivity contribution in [2.24, 2.45) is 5.92 Å². The van der Waals surface area contributed by atoms with Crippen molar-refractivity contribution in [3.8, 4) is 11.5 Å². The summed E-state index contributed by atoms with van der Waals surface area (Å²) in [6.45, 7) is 5.31. The Morgan fingerprint density at radius 1 is 1.42 bits per heavy atom. The van der Waals surface area contributed by atoms with Crippen LogP contribution >= 0.6 is 0 Å². The number of rotatable bonds is 4. The van der Waals surface area contributed by atoms with E-state index in [0.717, 1.165) is 5.56 Å². The molecule has 0 aliphatic heterocycles. The van der Waals surface area contributed by atoms with Gasteiger partial charge < -0.3 is 5.11 Å². The first-order valence-electron chi connectivity index (χ1n) is 5.95. The summed E-state index contributed by atoms with van der Waals surface area (Å²) in [4.78, 5) is 15.3. The van der Waals surface area contributed by atoms with E-state index in [1.165, 1.54) is 4.68 Å². The molecule has 0 saturated carbocycles. The number of carboxylic acids is 1. The van der Waals surface area contributed by atoms with Crippen LogP contribution in [-0.4, -0.2) is 36.3 Å². The first kappa shape index (κ1) is 13.1. The van der Waals surface area contributed by atoms with Gasteiger partial charge in [-0.1, -0.05) is 6.07 Å². The quantitative estimate of drug-likeness (QED) is 0.892. The fourth-order valence-electron chi connectivity index (χ4n) is 1.76. The lowest BCUT2D eigenvalue weighted by Gasteiger charge is -2.17. The minimum Gasteiger partial charge on any atom is -0.481 e. The first-order chi connectivity index (χ1) is 9.02. The topological polar surface area (TPSA) is 93.8 Å². The van der Waals surface area contributed by atoms with Crippen LogP contribution in [0.2, 0.25) is 0 Å². The molecule has 100 valence electrons. The van der Waals surface area contributed by atoms with Crippen LogP contribution in [0.1, 0.15) is 25.5 Å². The molecule has 2 rings (SSSR count). The van der Waals surface area contributed by atoms with Gasteiger partial charge in [-0.2, -0.15) is 0 Å². The highest BCUT2D eigenvalue weighted by atomic mass is 16.4. The lowest BCUT2D eigenvalue weighted by atomic mass is 10.0. The van der Waals surface area contributed by atoms with E-state index in [1.54, 1.807) is 20.0 Å². The van der Waals surface area contributed by atoms with E-state index in [1.807, 2.05) is 19.1 Å². The van der Waals surface area contributed by atoms with Crippen LogP contribution in [-0.2, 0) is 4.79 Å². The molecule has 0 aliphatic carbocycles. The van der Waals surface area contributed by atoms with E-state index in [0.29, 0.717) is 11.5 Å². The highest BCUT2D eigenvalue weighted by molar-refractivity contribution is 5.70. The number of hydrogen-bond acceptors (Lipinski definition) is 5. The second kappa shape index (κ2) is 5.13. The third-order valence-electron chi connectivity index (χ3n) is 3.21. The number of nitrogens with zero attached hydrogens (tertiary/aromatic N) is 5. The zero-order valence-electron chi connectivity index (χ0n) is 11.0. The first-order valence-corrected chi connectivity index (χ1v) is 5.95. The summed E-state index contributed by atoms with van der Waals surface area (Å²) < 4.78 is 1.51. The Morgan fingerprint density at radius 3 is 2.79 bits per heavy atom. The fraction of sp³-hybridized carbons (Fsp3) is 0.417. The summed E-state index contributed by atoms with van der Waals surface area (Å²) in [6.07, 6.45) is 1.66. The second-order valence-electron chi connectivity index (χ2n) is 4.48. The summed E-state index contributed by atoms with van der Waals surface area (Å²) in [5.41, 5.74) is 1.60. The summed E-state index contributed by atoms with van der Waals surface area (Å²) in [5.74, 6) is -0.989. The third-order valence-corrected chi connectivity index (χ3v) is 3.21. The number of aliphatic carboxylic acids is 1. The Morgan fingerprint density at radius 2 is 2.16 bits per heavy atom. The molecule has 7 heteroatoms. The molecule has 0 amide bonds. The molecular weight excluding hydrogens is 246 g/mol. The Labute approximate surface area is 110 Å². The minimum atomic E-state index is -0.883. The van der Waals surface area contributed by atoms with Crippen LogP contribution in [0.15, 0.2) is 18.3 Å². The van der Waals surface area contributed by atoms with Crippen LogP contribution < -0.4 is 0 Å². The maximum Gasteiger partial charge on any atom is 0.308 e. The van der Waals surface area contributed by atoms with E-state index in [-0.39, 0.29) is 6.04 Å². The van der Waals surface area contributed by atoms with E-state index in [2.05, 4.69) is 20.5 Å². The van der Waals surface area contributed by atoms with Crippen LogP contribution in [0.25, 0.3) is 11.5 Å². The van der Waals surface area contributed by atoms with Crippen molar-refractivity contribution in [2.45, 2.75) is 26.8 Å². The van der Waals surface area contributed by atoms with Crippen molar-refractivity contribution in [3.05, 3.63) is 23.9 Å². The molecule has 0 bridgehead atoms. The molecule has 1 N–H and O–H groups in total. The molecule has 0 spiro atoms. The highest BCUT2D eigenvalue weighted by Gasteiger charge is 2.25. The lowest BCUT2D eigenvalue weighted by molar-refractivity contribution is -0.142. The minimum absolute atomic E-state index is 0.357. The summed E-state index contributed by atoms with van der Waals surface area (Å²) >= 11 is 0. The van der Waals surface area contributed by atoms with Gasteiger partial charge in [0.2, 0.25) is 5.82 Å². The molecule has 0 radical (unpaired) electrons. The third kappa shape index (κ3) is 2.44. The molecule has 2 aromatic heterocycles. The van der Waals surface area contributed by atoms with Gasteiger partial charge in [-0.15, -0.1) is 5.10 Å². The fourth-order valence-corrected chi connectivity index (χ4v) is 1.76. The van der Waals surface area contributed by atoms with Gasteiger partial charge in [-0.3, -0.25) is 9.78 Å². The van der Waals surface area contributed by atoms with Crippen molar-refractivity contribution in [2.75, 3.05) is 0 Å². The smallest absolute Gasteiger partial charge is 0.308 e. The second-order valence-corrected chi connectivity index (χ2v) is 4.48. The van der Waals surface area contributed by atoms with Crippen molar-refractivity contribution < 1.29 is 9.90 Å². The van der Waals surface area contributed by atoms with E-state index in [4.69, 9.17) is 5.11 Å². The molecule has 2 unspecified atom stereocenters. The number of hydrogen-bond donors (Lipinski definition) is 1. The molecular formula is C12H15N5O2. The molecule has 2 atom stereocenters. The zero-order valence-corrected chi connectivity index (χ0v) is 11.0. The van der Waals surface area contributed by atoms with Gasteiger partial charge in [0.1, 0.15) is 5.69 Å². The van der Waals surface area contributed by atoms with Crippen molar-refractivity contribution >= 4 is 5.97 Å². The Balaban J connectivity index is 2.44. The number of tetrazole rings is 1. The average molecular weight is 261 g/mol. The molecule has 0 aliphatic rings. The molecule has 0 aromatic carbocycles. The molecule has 2 heterocycles. The number of aryl methyl sites for hydroxylation is 1. The number of aromatic nitrogens is 5. The SMILES string of the molecule is Cc1cccnc1-c1nnnn1C(C)C(C)C(=O)O. The molecule has 7 nitrogen and oxygen atoms in total. The highest BCUT2D eigenvalue weighted by Crippen LogP contribution is 2.24. The number of pyridine rings is 1. The molecule has 0 saturated heterocycles. The van der Waals surface area contributed by atoms with Gasteiger partial charge in [0, 0.05) is 6.20 Å². The number of carbonyl (C=O) groups is 1. The Bertz CT molecular complexity index is 595. The van der Waals surface area contributed by atoms with Gasteiger partial charge >= 0.3 is 5.97 Å². The Kier molecular flexibility index (Phi) is 3.55. The molecule has 0 fully saturated rings. The largest absolute Gasteiger partial charge is 0.481 e. The lowest BCUT2D eigenvalue weighted by Crippen LogP contribution is -2.23. The average Bonchev–Trinajstić information content (AvgIpc) is 2.86. The summed E-state index contributed by atoms with van der Waals surface area (Å²) in [7, 11) is 0. The van der Waals surface area contributed by atoms with E-state index < -0.39 is 11.9 Å². The summed E-state index contributed by atoms with van der Waals surface area (Å²) in [6, 6.07) is 3.38.